The average Bonchev–Trinajstić information content (AvgIpc) is 2.74. The minimum Gasteiger partial charge on any atom is -0.267 e. The van der Waals surface area contributed by atoms with E-state index >= 15 is 0 Å². The number of rotatable bonds is 6. The molecule has 3 rings (SSSR count). The second-order valence-electron chi connectivity index (χ2n) is 6.09. The van der Waals surface area contributed by atoms with E-state index in [4.69, 9.17) is 23.2 Å². The van der Waals surface area contributed by atoms with Crippen molar-refractivity contribution >= 4 is 47.4 Å². The molecule has 0 aliphatic carbocycles. The van der Waals surface area contributed by atoms with Crippen molar-refractivity contribution < 1.29 is 9.59 Å². The fourth-order valence-corrected chi connectivity index (χ4v) is 2.80. The normalized spacial score (nSPS) is 11.0. The Morgan fingerprint density at radius 2 is 1.07 bits per heavy atom. The van der Waals surface area contributed by atoms with Crippen molar-refractivity contribution in [2.75, 3.05) is 0 Å². The number of halogens is 2. The van der Waals surface area contributed by atoms with Crippen LogP contribution in [0.3, 0.4) is 0 Å². The van der Waals surface area contributed by atoms with Gasteiger partial charge < -0.3 is 0 Å². The number of nitrogens with zero attached hydrogens (tertiary/aromatic N) is 2. The third-order valence-corrected chi connectivity index (χ3v) is 4.34. The molecule has 0 atom stereocenters. The first-order valence-corrected chi connectivity index (χ1v) is 9.55. The molecule has 0 heterocycles. The van der Waals surface area contributed by atoms with Gasteiger partial charge in [0, 0.05) is 21.2 Å². The highest BCUT2D eigenvalue weighted by molar-refractivity contribution is 6.31. The summed E-state index contributed by atoms with van der Waals surface area (Å²) in [6.07, 6.45) is 2.98. The molecule has 3 aromatic carbocycles. The SMILES string of the molecule is O=C(NN=Cc1cccc(Cl)c1)c1ccc(C(=O)NN=Cc2cccc(Cl)c2)cc1. The minimum atomic E-state index is -0.404. The van der Waals surface area contributed by atoms with Gasteiger partial charge in [-0.15, -0.1) is 0 Å². The Morgan fingerprint density at radius 1 is 0.667 bits per heavy atom. The van der Waals surface area contributed by atoms with Crippen molar-refractivity contribution in [3.05, 3.63) is 105 Å². The second-order valence-corrected chi connectivity index (χ2v) is 6.96. The predicted molar refractivity (Wildman–Crippen MR) is 119 cm³/mol. The van der Waals surface area contributed by atoms with Gasteiger partial charge in [-0.05, 0) is 59.7 Å². The molecule has 0 unspecified atom stereocenters. The Kier molecular flexibility index (Phi) is 7.32. The van der Waals surface area contributed by atoms with Gasteiger partial charge in [-0.1, -0.05) is 47.5 Å². The molecule has 0 aromatic heterocycles. The predicted octanol–water partition coefficient (Wildman–Crippen LogP) is 4.52. The first-order chi connectivity index (χ1) is 14.5. The van der Waals surface area contributed by atoms with Crippen molar-refractivity contribution in [1.29, 1.82) is 0 Å². The Hall–Kier alpha value is -3.48. The van der Waals surface area contributed by atoms with Crippen LogP contribution in [0.2, 0.25) is 10.0 Å². The summed E-state index contributed by atoms with van der Waals surface area (Å²) in [7, 11) is 0. The van der Waals surface area contributed by atoms with E-state index in [0.717, 1.165) is 11.1 Å². The summed E-state index contributed by atoms with van der Waals surface area (Å²) in [5.41, 5.74) is 7.08. The lowest BCUT2D eigenvalue weighted by Gasteiger charge is -2.03. The number of hydrogen-bond donors (Lipinski definition) is 2. The summed E-state index contributed by atoms with van der Waals surface area (Å²) in [6.45, 7) is 0. The molecule has 0 spiro atoms. The molecule has 6 nitrogen and oxygen atoms in total. The molecular formula is C22H16Cl2N4O2. The summed E-state index contributed by atoms with van der Waals surface area (Å²) >= 11 is 11.8. The highest BCUT2D eigenvalue weighted by Gasteiger charge is 2.08. The van der Waals surface area contributed by atoms with Crippen molar-refractivity contribution in [2.45, 2.75) is 0 Å². The number of carbonyl (C=O) groups excluding carboxylic acids is 2. The van der Waals surface area contributed by atoms with Crippen LogP contribution in [0, 0.1) is 0 Å². The standard InChI is InChI=1S/C22H16Cl2N4O2/c23-19-5-1-3-15(11-19)13-25-27-21(29)17-7-9-18(10-8-17)22(30)28-26-14-16-4-2-6-20(24)12-16/h1-14H,(H,27,29)(H,28,30). The molecule has 0 aliphatic rings. The van der Waals surface area contributed by atoms with Gasteiger partial charge in [0.2, 0.25) is 0 Å². The lowest BCUT2D eigenvalue weighted by molar-refractivity contribution is 0.0943. The molecule has 0 saturated carbocycles. The van der Waals surface area contributed by atoms with Crippen LogP contribution >= 0.6 is 23.2 Å². The first kappa shape index (κ1) is 21.2. The van der Waals surface area contributed by atoms with Gasteiger partial charge in [-0.2, -0.15) is 10.2 Å². The number of hydrogen-bond acceptors (Lipinski definition) is 4. The molecule has 0 aliphatic heterocycles. The monoisotopic (exact) mass is 438 g/mol. The molecule has 0 saturated heterocycles. The van der Waals surface area contributed by atoms with Crippen LogP contribution in [0.5, 0.6) is 0 Å². The number of amides is 2. The van der Waals surface area contributed by atoms with E-state index in [9.17, 15) is 9.59 Å². The topological polar surface area (TPSA) is 82.9 Å². The maximum absolute atomic E-state index is 12.2. The highest BCUT2D eigenvalue weighted by Crippen LogP contribution is 2.10. The summed E-state index contributed by atoms with van der Waals surface area (Å²) in [5.74, 6) is -0.807. The van der Waals surface area contributed by atoms with E-state index < -0.39 is 11.8 Å². The molecule has 30 heavy (non-hydrogen) atoms. The van der Waals surface area contributed by atoms with Gasteiger partial charge in [0.05, 0.1) is 12.4 Å². The van der Waals surface area contributed by atoms with Crippen LogP contribution in [0.15, 0.2) is 83.0 Å². The fraction of sp³-hybridized carbons (Fsp3) is 0. The molecule has 3 aromatic rings. The number of hydrazone groups is 2. The van der Waals surface area contributed by atoms with E-state index in [-0.39, 0.29) is 0 Å². The van der Waals surface area contributed by atoms with Crippen LogP contribution in [-0.2, 0) is 0 Å². The van der Waals surface area contributed by atoms with E-state index in [1.54, 1.807) is 36.4 Å². The van der Waals surface area contributed by atoms with Gasteiger partial charge in [0.1, 0.15) is 0 Å². The summed E-state index contributed by atoms with van der Waals surface area (Å²) in [4.78, 5) is 24.3. The van der Waals surface area contributed by atoms with Gasteiger partial charge in [0.15, 0.2) is 0 Å². The lowest BCUT2D eigenvalue weighted by atomic mass is 10.1. The Balaban J connectivity index is 1.54. The zero-order valence-electron chi connectivity index (χ0n) is 15.5. The molecular weight excluding hydrogens is 423 g/mol. The summed E-state index contributed by atoms with van der Waals surface area (Å²) in [6, 6.07) is 20.2. The molecule has 0 bridgehead atoms. The van der Waals surface area contributed by atoms with Crippen LogP contribution < -0.4 is 10.9 Å². The van der Waals surface area contributed by atoms with E-state index in [1.807, 2.05) is 12.1 Å². The summed E-state index contributed by atoms with van der Waals surface area (Å²) in [5, 5.41) is 8.96. The average molecular weight is 439 g/mol. The van der Waals surface area contributed by atoms with Crippen molar-refractivity contribution in [3.63, 3.8) is 0 Å². The van der Waals surface area contributed by atoms with E-state index in [1.165, 1.54) is 36.7 Å². The second kappa shape index (κ2) is 10.3. The van der Waals surface area contributed by atoms with Gasteiger partial charge in [0.25, 0.3) is 11.8 Å². The van der Waals surface area contributed by atoms with Gasteiger partial charge in [-0.3, -0.25) is 9.59 Å². The Morgan fingerprint density at radius 3 is 1.43 bits per heavy atom. The quantitative estimate of drug-likeness (QED) is 0.437. The minimum absolute atomic E-state index is 0.359. The smallest absolute Gasteiger partial charge is 0.267 e. The molecule has 0 fully saturated rings. The highest BCUT2D eigenvalue weighted by atomic mass is 35.5. The lowest BCUT2D eigenvalue weighted by Crippen LogP contribution is -2.19. The third-order valence-electron chi connectivity index (χ3n) is 3.87. The molecule has 2 amide bonds. The number of nitrogens with one attached hydrogen (secondary N) is 2. The zero-order chi connectivity index (χ0) is 21.3. The number of benzene rings is 3. The fourth-order valence-electron chi connectivity index (χ4n) is 2.41. The van der Waals surface area contributed by atoms with Crippen LogP contribution in [0.4, 0.5) is 0 Å². The van der Waals surface area contributed by atoms with Crippen LogP contribution in [-0.4, -0.2) is 24.2 Å². The third kappa shape index (κ3) is 6.27. The van der Waals surface area contributed by atoms with Crippen LogP contribution in [0.25, 0.3) is 0 Å². The van der Waals surface area contributed by atoms with Crippen molar-refractivity contribution in [2.24, 2.45) is 10.2 Å². The Labute approximate surface area is 183 Å². The van der Waals surface area contributed by atoms with Crippen LogP contribution in [0.1, 0.15) is 31.8 Å². The molecule has 2 N–H and O–H groups in total. The molecule has 150 valence electrons. The number of carbonyl (C=O) groups is 2. The molecule has 0 radical (unpaired) electrons. The van der Waals surface area contributed by atoms with Gasteiger partial charge in [-0.25, -0.2) is 10.9 Å². The maximum Gasteiger partial charge on any atom is 0.271 e. The van der Waals surface area contributed by atoms with E-state index in [2.05, 4.69) is 21.1 Å². The maximum atomic E-state index is 12.2. The van der Waals surface area contributed by atoms with Crippen molar-refractivity contribution in [3.8, 4) is 0 Å². The largest absolute Gasteiger partial charge is 0.271 e. The Bertz CT molecular complexity index is 1020. The summed E-state index contributed by atoms with van der Waals surface area (Å²) < 4.78 is 0. The van der Waals surface area contributed by atoms with Gasteiger partial charge >= 0.3 is 0 Å². The first-order valence-electron chi connectivity index (χ1n) is 8.79. The van der Waals surface area contributed by atoms with Crippen molar-refractivity contribution in [1.82, 2.24) is 10.9 Å². The van der Waals surface area contributed by atoms with E-state index in [0.29, 0.717) is 21.2 Å². The molecule has 8 heteroatoms. The zero-order valence-corrected chi connectivity index (χ0v) is 17.1.